The van der Waals surface area contributed by atoms with Gasteiger partial charge in [-0.15, -0.1) is 0 Å². The topological polar surface area (TPSA) is 75.6 Å². The second-order valence-corrected chi connectivity index (χ2v) is 6.40. The van der Waals surface area contributed by atoms with Crippen molar-refractivity contribution in [3.05, 3.63) is 53.5 Å². The molecule has 1 N–H and O–H groups in total. The summed E-state index contributed by atoms with van der Waals surface area (Å²) in [7, 11) is 1.61. The van der Waals surface area contributed by atoms with Crippen molar-refractivity contribution in [1.29, 1.82) is 0 Å². The zero-order chi connectivity index (χ0) is 17.6. The van der Waals surface area contributed by atoms with Crippen molar-refractivity contribution in [2.75, 3.05) is 20.2 Å². The number of hydrogen-bond donors (Lipinski definition) is 1. The van der Waals surface area contributed by atoms with Crippen LogP contribution in [0.4, 0.5) is 0 Å². The number of nitrogens with zero attached hydrogens (tertiary/aromatic N) is 3. The number of hydrogen-bond acceptors (Lipinski definition) is 5. The highest BCUT2D eigenvalue weighted by Gasteiger charge is 2.22. The molecule has 0 amide bonds. The van der Waals surface area contributed by atoms with Gasteiger partial charge in [-0.05, 0) is 49.9 Å². The third-order valence-electron chi connectivity index (χ3n) is 4.77. The second-order valence-electron chi connectivity index (χ2n) is 6.40. The van der Waals surface area contributed by atoms with Crippen molar-refractivity contribution in [2.24, 2.45) is 5.92 Å². The first kappa shape index (κ1) is 17.4. The van der Waals surface area contributed by atoms with Gasteiger partial charge in [0, 0.05) is 18.9 Å². The molecule has 0 saturated carbocycles. The van der Waals surface area contributed by atoms with Crippen molar-refractivity contribution < 1.29 is 14.6 Å². The van der Waals surface area contributed by atoms with Gasteiger partial charge >= 0.3 is 5.97 Å². The van der Waals surface area contributed by atoms with Gasteiger partial charge in [-0.1, -0.05) is 18.2 Å². The lowest BCUT2D eigenvalue weighted by atomic mass is 9.88. The molecular weight excluding hydrogens is 318 g/mol. The minimum Gasteiger partial charge on any atom is -0.480 e. The van der Waals surface area contributed by atoms with E-state index in [1.165, 1.54) is 0 Å². The highest BCUT2D eigenvalue weighted by atomic mass is 16.5. The van der Waals surface area contributed by atoms with Gasteiger partial charge < -0.3 is 9.84 Å². The van der Waals surface area contributed by atoms with E-state index in [0.29, 0.717) is 17.4 Å². The van der Waals surface area contributed by atoms with Gasteiger partial charge in [0.05, 0.1) is 12.7 Å². The maximum absolute atomic E-state index is 11.3. The Hall–Kier alpha value is -2.47. The van der Waals surface area contributed by atoms with E-state index in [-0.39, 0.29) is 0 Å². The number of carboxylic acid groups (broad SMARTS) is 1. The van der Waals surface area contributed by atoms with Gasteiger partial charge in [-0.25, -0.2) is 9.78 Å². The Kier molecular flexibility index (Phi) is 5.60. The first-order valence-corrected chi connectivity index (χ1v) is 8.54. The van der Waals surface area contributed by atoms with Gasteiger partial charge in [-0.2, -0.15) is 0 Å². The van der Waals surface area contributed by atoms with E-state index in [1.807, 2.05) is 12.1 Å². The van der Waals surface area contributed by atoms with Crippen LogP contribution in [0.15, 0.2) is 36.7 Å². The molecular formula is C19H23N3O3. The predicted octanol–water partition coefficient (Wildman–Crippen LogP) is 2.64. The average Bonchev–Trinajstić information content (AvgIpc) is 2.64. The van der Waals surface area contributed by atoms with Gasteiger partial charge in [0.15, 0.2) is 0 Å². The molecule has 0 radical (unpaired) electrons. The molecule has 0 bridgehead atoms. The van der Waals surface area contributed by atoms with Crippen molar-refractivity contribution in [3.63, 3.8) is 0 Å². The molecule has 1 aromatic carbocycles. The van der Waals surface area contributed by atoms with E-state index >= 15 is 0 Å². The molecule has 1 aliphatic heterocycles. The molecule has 3 rings (SSSR count). The molecule has 2 heterocycles. The summed E-state index contributed by atoms with van der Waals surface area (Å²) >= 11 is 0. The predicted molar refractivity (Wildman–Crippen MR) is 93.7 cm³/mol. The maximum Gasteiger partial charge on any atom is 0.335 e. The lowest BCUT2D eigenvalue weighted by Gasteiger charge is -2.32. The molecule has 25 heavy (non-hydrogen) atoms. The largest absolute Gasteiger partial charge is 0.480 e. The Bertz CT molecular complexity index is 727. The third kappa shape index (κ3) is 4.33. The number of aromatic carboxylic acids is 1. The van der Waals surface area contributed by atoms with Crippen LogP contribution in [0.25, 0.3) is 0 Å². The van der Waals surface area contributed by atoms with E-state index in [1.54, 1.807) is 31.6 Å². The molecule has 2 aromatic rings. The number of likely N-dealkylation sites (tertiary alicyclic amines) is 1. The number of methoxy groups -OCH3 is 1. The van der Waals surface area contributed by atoms with E-state index in [2.05, 4.69) is 14.9 Å². The molecule has 6 heteroatoms. The summed E-state index contributed by atoms with van der Waals surface area (Å²) in [5, 5.41) is 9.32. The zero-order valence-corrected chi connectivity index (χ0v) is 14.4. The first-order chi connectivity index (χ1) is 12.2. The molecule has 1 aromatic heterocycles. The summed E-state index contributed by atoms with van der Waals surface area (Å²) in [5.41, 5.74) is 2.22. The van der Waals surface area contributed by atoms with Crippen molar-refractivity contribution >= 4 is 5.97 Å². The van der Waals surface area contributed by atoms with Crippen LogP contribution in [-0.4, -0.2) is 46.1 Å². The van der Waals surface area contributed by atoms with Crippen LogP contribution in [0.1, 0.15) is 34.5 Å². The number of carboxylic acids is 1. The third-order valence-corrected chi connectivity index (χ3v) is 4.77. The summed E-state index contributed by atoms with van der Waals surface area (Å²) in [6.07, 6.45) is 6.25. The zero-order valence-electron chi connectivity index (χ0n) is 14.4. The van der Waals surface area contributed by atoms with Gasteiger partial charge in [0.1, 0.15) is 5.69 Å². The SMILES string of the molecule is COc1nccnc1CN1CCC(Cc2ccccc2C(=O)O)CC1. The number of carbonyl (C=O) groups is 1. The molecule has 0 unspecified atom stereocenters. The lowest BCUT2D eigenvalue weighted by Crippen LogP contribution is -2.34. The van der Waals surface area contributed by atoms with Gasteiger partial charge in [0.25, 0.3) is 0 Å². The highest BCUT2D eigenvalue weighted by Crippen LogP contribution is 2.25. The van der Waals surface area contributed by atoms with Crippen LogP contribution in [0.3, 0.4) is 0 Å². The number of ether oxygens (including phenoxy) is 1. The number of piperidine rings is 1. The summed E-state index contributed by atoms with van der Waals surface area (Å²) in [4.78, 5) is 22.3. The number of aromatic nitrogens is 2. The number of rotatable bonds is 6. The quantitative estimate of drug-likeness (QED) is 0.870. The molecule has 6 nitrogen and oxygen atoms in total. The molecule has 1 aliphatic rings. The van der Waals surface area contributed by atoms with Gasteiger partial charge in [0.2, 0.25) is 5.88 Å². The average molecular weight is 341 g/mol. The first-order valence-electron chi connectivity index (χ1n) is 8.54. The van der Waals surface area contributed by atoms with Crippen LogP contribution in [0.2, 0.25) is 0 Å². The molecule has 0 spiro atoms. The molecule has 0 aliphatic carbocycles. The minimum atomic E-state index is -0.845. The summed E-state index contributed by atoms with van der Waals surface area (Å²) in [6, 6.07) is 7.31. The summed E-state index contributed by atoms with van der Waals surface area (Å²) in [5.74, 6) is 0.253. The molecule has 1 fully saturated rings. The normalized spacial score (nSPS) is 15.9. The van der Waals surface area contributed by atoms with Crippen molar-refractivity contribution in [1.82, 2.24) is 14.9 Å². The molecule has 132 valence electrons. The fraction of sp³-hybridized carbons (Fsp3) is 0.421. The second kappa shape index (κ2) is 8.07. The monoisotopic (exact) mass is 341 g/mol. The Labute approximate surface area is 147 Å². The maximum atomic E-state index is 11.3. The Morgan fingerprint density at radius 1 is 1.24 bits per heavy atom. The standard InChI is InChI=1S/C19H23N3O3/c1-25-18-17(20-8-9-21-18)13-22-10-6-14(7-11-22)12-15-4-2-3-5-16(15)19(23)24/h2-5,8-9,14H,6-7,10-13H2,1H3,(H,23,24). The van der Waals surface area contributed by atoms with E-state index in [0.717, 1.165) is 50.2 Å². The van der Waals surface area contributed by atoms with Crippen LogP contribution < -0.4 is 4.74 Å². The van der Waals surface area contributed by atoms with E-state index in [9.17, 15) is 9.90 Å². The lowest BCUT2D eigenvalue weighted by molar-refractivity contribution is 0.0695. The van der Waals surface area contributed by atoms with Crippen LogP contribution in [-0.2, 0) is 13.0 Å². The van der Waals surface area contributed by atoms with E-state index in [4.69, 9.17) is 4.74 Å². The van der Waals surface area contributed by atoms with Crippen LogP contribution in [0, 0.1) is 5.92 Å². The van der Waals surface area contributed by atoms with Crippen LogP contribution >= 0.6 is 0 Å². The minimum absolute atomic E-state index is 0.425. The smallest absolute Gasteiger partial charge is 0.335 e. The fourth-order valence-corrected chi connectivity index (χ4v) is 3.41. The summed E-state index contributed by atoms with van der Waals surface area (Å²) in [6.45, 7) is 2.68. The van der Waals surface area contributed by atoms with Gasteiger partial charge in [-0.3, -0.25) is 9.88 Å². The molecule has 1 saturated heterocycles. The highest BCUT2D eigenvalue weighted by molar-refractivity contribution is 5.89. The Balaban J connectivity index is 1.57. The summed E-state index contributed by atoms with van der Waals surface area (Å²) < 4.78 is 5.27. The Morgan fingerprint density at radius 2 is 1.96 bits per heavy atom. The Morgan fingerprint density at radius 3 is 2.68 bits per heavy atom. The van der Waals surface area contributed by atoms with E-state index < -0.39 is 5.97 Å². The molecule has 0 atom stereocenters. The fourth-order valence-electron chi connectivity index (χ4n) is 3.41. The van der Waals surface area contributed by atoms with Crippen LogP contribution in [0.5, 0.6) is 5.88 Å². The van der Waals surface area contributed by atoms with Crippen molar-refractivity contribution in [2.45, 2.75) is 25.8 Å². The number of benzene rings is 1. The van der Waals surface area contributed by atoms with Crippen molar-refractivity contribution in [3.8, 4) is 5.88 Å².